The summed E-state index contributed by atoms with van der Waals surface area (Å²) in [6.45, 7) is 0. The van der Waals surface area contributed by atoms with Crippen LogP contribution in [0.25, 0.3) is 131 Å². The predicted molar refractivity (Wildman–Crippen MR) is 378 cm³/mol. The number of fused-ring (bicyclic) bond motifs is 11. The molecule has 2 nitrogen and oxygen atoms in total. The Labute approximate surface area is 511 Å². The Kier molecular flexibility index (Phi) is 12.3. The summed E-state index contributed by atoms with van der Waals surface area (Å²) in [5, 5.41) is 19.4. The minimum Gasteiger partial charge on any atom is -0.310 e. The highest BCUT2D eigenvalue weighted by Crippen LogP contribution is 2.51. The fraction of sp³-hybridized carbons (Fsp3) is 0. The maximum Gasteiger partial charge on any atom is 0.0468 e. The minimum absolute atomic E-state index is 1.08. The molecule has 0 unspecified atom stereocenters. The van der Waals surface area contributed by atoms with E-state index in [0.717, 1.165) is 50.8 Å². The maximum absolute atomic E-state index is 2.48. The minimum atomic E-state index is 1.08. The van der Waals surface area contributed by atoms with E-state index in [-0.39, 0.29) is 0 Å². The van der Waals surface area contributed by atoms with E-state index in [0.29, 0.717) is 0 Å². The van der Waals surface area contributed by atoms with Gasteiger partial charge in [-0.1, -0.05) is 249 Å². The molecule has 17 aromatic rings. The molecule has 0 aliphatic heterocycles. The first kappa shape index (κ1) is 50.9. The molecule has 0 saturated carbocycles. The summed E-state index contributed by atoms with van der Waals surface area (Å²) in [7, 11) is 0. The van der Waals surface area contributed by atoms with Gasteiger partial charge in [-0.25, -0.2) is 0 Å². The van der Waals surface area contributed by atoms with Crippen LogP contribution in [0.1, 0.15) is 0 Å². The lowest BCUT2D eigenvalue weighted by Crippen LogP contribution is -2.10. The van der Waals surface area contributed by atoms with Crippen LogP contribution in [0.2, 0.25) is 0 Å². The lowest BCUT2D eigenvalue weighted by atomic mass is 9.81. The zero-order valence-electron chi connectivity index (χ0n) is 48.2. The summed E-state index contributed by atoms with van der Waals surface area (Å²) in [4.78, 5) is 4.81. The van der Waals surface area contributed by atoms with Crippen molar-refractivity contribution in [2.45, 2.75) is 0 Å². The molecule has 0 amide bonds. The van der Waals surface area contributed by atoms with Gasteiger partial charge in [0.15, 0.2) is 0 Å². The van der Waals surface area contributed by atoms with E-state index in [1.165, 1.54) is 114 Å². The second-order valence-electron chi connectivity index (χ2n) is 23.2. The van der Waals surface area contributed by atoms with Crippen molar-refractivity contribution in [3.63, 3.8) is 0 Å². The number of rotatable bonds is 10. The largest absolute Gasteiger partial charge is 0.310 e. The third-order valence-corrected chi connectivity index (χ3v) is 18.1. The molecule has 0 atom stereocenters. The van der Waals surface area contributed by atoms with Crippen LogP contribution in [-0.2, 0) is 0 Å². The highest BCUT2D eigenvalue weighted by atomic mass is 15.1. The molecule has 410 valence electrons. The fourth-order valence-electron chi connectivity index (χ4n) is 13.8. The van der Waals surface area contributed by atoms with Gasteiger partial charge >= 0.3 is 0 Å². The van der Waals surface area contributed by atoms with Gasteiger partial charge < -0.3 is 9.80 Å². The van der Waals surface area contributed by atoms with E-state index in [1.807, 2.05) is 0 Å². The highest BCUT2D eigenvalue weighted by molar-refractivity contribution is 6.33. The Morgan fingerprint density at radius 2 is 0.489 bits per heavy atom. The molecule has 0 N–H and O–H groups in total. The third kappa shape index (κ3) is 8.89. The molecule has 0 aliphatic rings. The first-order valence-corrected chi connectivity index (χ1v) is 30.4. The van der Waals surface area contributed by atoms with Crippen LogP contribution >= 0.6 is 0 Å². The number of anilines is 6. The van der Waals surface area contributed by atoms with Gasteiger partial charge in [0.05, 0.1) is 0 Å². The van der Waals surface area contributed by atoms with Gasteiger partial charge in [0.25, 0.3) is 0 Å². The lowest BCUT2D eigenvalue weighted by molar-refractivity contribution is 1.29. The van der Waals surface area contributed by atoms with Gasteiger partial charge in [-0.2, -0.15) is 0 Å². The topological polar surface area (TPSA) is 6.48 Å². The summed E-state index contributed by atoms with van der Waals surface area (Å²) in [5.74, 6) is 0. The summed E-state index contributed by atoms with van der Waals surface area (Å²) < 4.78 is 0. The zero-order chi connectivity index (χ0) is 58.1. The summed E-state index contributed by atoms with van der Waals surface area (Å²) in [5.41, 5.74) is 15.9. The van der Waals surface area contributed by atoms with Crippen LogP contribution in [0.5, 0.6) is 0 Å². The van der Waals surface area contributed by atoms with E-state index in [9.17, 15) is 0 Å². The molecule has 0 saturated heterocycles. The molecular weight excluding hydrogens is 1060 g/mol. The highest BCUT2D eigenvalue weighted by Gasteiger charge is 2.24. The van der Waals surface area contributed by atoms with Gasteiger partial charge in [0.1, 0.15) is 0 Å². The Morgan fingerprint density at radius 1 is 0.159 bits per heavy atom. The van der Waals surface area contributed by atoms with Gasteiger partial charge in [-0.05, 0) is 222 Å². The molecule has 17 aromatic carbocycles. The first-order chi connectivity index (χ1) is 43.6. The molecule has 0 aromatic heterocycles. The van der Waals surface area contributed by atoms with Crippen molar-refractivity contribution in [3.8, 4) is 44.5 Å². The molecular formula is C86H56N2. The zero-order valence-corrected chi connectivity index (χ0v) is 48.2. The molecule has 0 radical (unpaired) electrons. The quantitative estimate of drug-likeness (QED) is 0.126. The smallest absolute Gasteiger partial charge is 0.0468 e. The molecule has 17 rings (SSSR count). The third-order valence-electron chi connectivity index (χ3n) is 18.1. The normalized spacial score (nSPS) is 11.6. The lowest BCUT2D eigenvalue weighted by Gasteiger charge is -2.27. The molecule has 0 fully saturated rings. The summed E-state index contributed by atoms with van der Waals surface area (Å²) in [6, 6.07) is 126. The Morgan fingerprint density at radius 3 is 0.966 bits per heavy atom. The van der Waals surface area contributed by atoms with E-state index in [2.05, 4.69) is 350 Å². The van der Waals surface area contributed by atoms with Gasteiger partial charge in [0.2, 0.25) is 0 Å². The van der Waals surface area contributed by atoms with Gasteiger partial charge in [0, 0.05) is 34.1 Å². The SMILES string of the molecule is c1ccc(-c2cc(-c3ccc(N(c4ccc5ccccc5c4)c4ccc5ccccc5c4)cc3)c3c4ccccc4c4cc(-c5ccc6ccccc6c5)ccc4c3c2-c2ccc(N(c3ccc4ccccc4c3)c3ccc4ccccc4c3)cc2)cc1. The molecule has 2 heteroatoms. The van der Waals surface area contributed by atoms with Crippen molar-refractivity contribution in [1.82, 2.24) is 0 Å². The molecule has 88 heavy (non-hydrogen) atoms. The molecule has 0 heterocycles. The second-order valence-corrected chi connectivity index (χ2v) is 23.2. The second kappa shape index (κ2) is 21.2. The first-order valence-electron chi connectivity index (χ1n) is 30.4. The van der Waals surface area contributed by atoms with Crippen LogP contribution in [0.3, 0.4) is 0 Å². The van der Waals surface area contributed by atoms with Gasteiger partial charge in [-0.15, -0.1) is 0 Å². The standard InChI is InChI=1S/C86H56N2/c1-2-21-62(22-3-1)81-56-82(63-36-41-72(42-37-63)87(74-45-32-58-17-5-10-24-66(58)51-74)75-46-33-59-18-6-11-25-67(59)52-75)85-79-29-15-14-28-78(79)83-55-71(70-31-30-57-16-4-9-23-65(57)50-70)40-49-80(83)86(85)84(81)64-38-43-73(44-39-64)88(76-47-34-60-19-7-12-26-68(60)53-76)77-48-35-61-20-8-13-27-69(61)54-77/h1-56H. The van der Waals surface area contributed by atoms with Crippen LogP contribution in [0, 0.1) is 0 Å². The van der Waals surface area contributed by atoms with Crippen molar-refractivity contribution in [2.24, 2.45) is 0 Å². The average Bonchev–Trinajstić information content (AvgIpc) is 0.757. The monoisotopic (exact) mass is 1120 g/mol. The summed E-state index contributed by atoms with van der Waals surface area (Å²) in [6.07, 6.45) is 0. The predicted octanol–water partition coefficient (Wildman–Crippen LogP) is 24.5. The average molecular weight is 1120 g/mol. The Bertz CT molecular complexity index is 5410. The van der Waals surface area contributed by atoms with E-state index in [4.69, 9.17) is 0 Å². The van der Waals surface area contributed by atoms with Crippen molar-refractivity contribution in [2.75, 3.05) is 9.80 Å². The van der Waals surface area contributed by atoms with Crippen molar-refractivity contribution < 1.29 is 0 Å². The number of hydrogen-bond donors (Lipinski definition) is 0. The molecule has 0 bridgehead atoms. The molecule has 0 spiro atoms. The fourth-order valence-corrected chi connectivity index (χ4v) is 13.8. The van der Waals surface area contributed by atoms with Crippen molar-refractivity contribution >= 4 is 120 Å². The van der Waals surface area contributed by atoms with Crippen LogP contribution < -0.4 is 9.80 Å². The molecule has 0 aliphatic carbocycles. The van der Waals surface area contributed by atoms with Crippen molar-refractivity contribution in [1.29, 1.82) is 0 Å². The van der Waals surface area contributed by atoms with Crippen LogP contribution in [-0.4, -0.2) is 0 Å². The number of benzene rings is 17. The van der Waals surface area contributed by atoms with E-state index >= 15 is 0 Å². The van der Waals surface area contributed by atoms with Crippen LogP contribution in [0.4, 0.5) is 34.1 Å². The number of nitrogens with zero attached hydrogens (tertiary/aromatic N) is 2. The number of hydrogen-bond acceptors (Lipinski definition) is 2. The Balaban J connectivity index is 0.903. The maximum atomic E-state index is 2.48. The van der Waals surface area contributed by atoms with Gasteiger partial charge in [-0.3, -0.25) is 0 Å². The van der Waals surface area contributed by atoms with E-state index in [1.54, 1.807) is 0 Å². The van der Waals surface area contributed by atoms with E-state index < -0.39 is 0 Å². The Hall–Kier alpha value is -11.6. The van der Waals surface area contributed by atoms with Crippen molar-refractivity contribution in [3.05, 3.63) is 340 Å². The summed E-state index contributed by atoms with van der Waals surface area (Å²) >= 11 is 0. The van der Waals surface area contributed by atoms with Crippen LogP contribution in [0.15, 0.2) is 340 Å².